The molecule has 1 aromatic carbocycles. The van der Waals surface area contributed by atoms with Gasteiger partial charge in [0.25, 0.3) is 5.89 Å². The van der Waals surface area contributed by atoms with E-state index in [9.17, 15) is 9.90 Å². The summed E-state index contributed by atoms with van der Waals surface area (Å²) in [7, 11) is 0. The Hall–Kier alpha value is -2.75. The second-order valence-electron chi connectivity index (χ2n) is 8.60. The van der Waals surface area contributed by atoms with E-state index >= 15 is 0 Å². The molecule has 3 N–H and O–H groups in total. The smallest absolute Gasteiger partial charge is 0.258 e. The van der Waals surface area contributed by atoms with E-state index in [1.165, 1.54) is 11.1 Å². The average Bonchev–Trinajstić information content (AvgIpc) is 3.38. The number of aryl methyl sites for hydroxylation is 2. The number of ether oxygens (including phenoxy) is 1. The Bertz CT molecular complexity index is 1080. The Kier molecular flexibility index (Phi) is 8.23. The zero-order valence-electron chi connectivity index (χ0n) is 19.6. The lowest BCUT2D eigenvalue weighted by Crippen LogP contribution is -2.36. The molecule has 0 bridgehead atoms. The van der Waals surface area contributed by atoms with Crippen LogP contribution < -0.4 is 10.1 Å². The quantitative estimate of drug-likeness (QED) is 0.413. The van der Waals surface area contributed by atoms with E-state index in [0.717, 1.165) is 28.0 Å². The van der Waals surface area contributed by atoms with Crippen LogP contribution in [0.25, 0.3) is 22.2 Å². The van der Waals surface area contributed by atoms with E-state index < -0.39 is 18.6 Å². The standard InChI is InChI=1S/C24H31N3O5S/c1-13(2)6-18-12-33-22(16(18)5)23-26-24(32-27-23)17-7-14(3)21(15(4)8-17)31-11-19(29)9-25-20(30)10-28/h7-8,12-13,19,28-29H,6,9-11H2,1-5H3,(H,25,30)/t19-/m0/s1. The maximum Gasteiger partial charge on any atom is 0.258 e. The van der Waals surface area contributed by atoms with Crippen LogP contribution in [0.1, 0.15) is 36.1 Å². The highest BCUT2D eigenvalue weighted by Crippen LogP contribution is 2.34. The van der Waals surface area contributed by atoms with Gasteiger partial charge in [-0.05, 0) is 72.9 Å². The number of hydrogen-bond donors (Lipinski definition) is 3. The summed E-state index contributed by atoms with van der Waals surface area (Å²) in [6.07, 6.45) is 0.127. The number of aromatic nitrogens is 2. The molecule has 0 aliphatic carbocycles. The van der Waals surface area contributed by atoms with Gasteiger partial charge in [-0.1, -0.05) is 19.0 Å². The third-order valence-corrected chi connectivity index (χ3v) is 6.33. The number of aliphatic hydroxyl groups excluding tert-OH is 2. The number of rotatable bonds is 10. The van der Waals surface area contributed by atoms with Crippen molar-refractivity contribution < 1.29 is 24.3 Å². The normalized spacial score (nSPS) is 12.2. The number of thiophene rings is 1. The van der Waals surface area contributed by atoms with Gasteiger partial charge in [0.05, 0.1) is 4.88 Å². The molecule has 8 nitrogen and oxygen atoms in total. The van der Waals surface area contributed by atoms with E-state index in [4.69, 9.17) is 14.4 Å². The molecule has 0 radical (unpaired) electrons. The zero-order chi connectivity index (χ0) is 24.1. The van der Waals surface area contributed by atoms with Gasteiger partial charge in [0.15, 0.2) is 0 Å². The van der Waals surface area contributed by atoms with Crippen LogP contribution in [0, 0.1) is 26.7 Å². The molecule has 9 heteroatoms. The fourth-order valence-electron chi connectivity index (χ4n) is 3.57. The van der Waals surface area contributed by atoms with Crippen molar-refractivity contribution in [1.29, 1.82) is 0 Å². The van der Waals surface area contributed by atoms with Gasteiger partial charge < -0.3 is 24.8 Å². The van der Waals surface area contributed by atoms with E-state index in [-0.39, 0.29) is 13.2 Å². The Balaban J connectivity index is 1.72. The molecule has 0 unspecified atom stereocenters. The SMILES string of the molecule is Cc1cc(-c2nc(-c3scc(CC(C)C)c3C)no2)cc(C)c1OC[C@@H](O)CNC(=O)CO. The largest absolute Gasteiger partial charge is 0.490 e. The van der Waals surface area contributed by atoms with E-state index in [0.29, 0.717) is 23.4 Å². The zero-order valence-corrected chi connectivity index (χ0v) is 20.5. The number of aliphatic hydroxyl groups is 2. The number of hydrogen-bond acceptors (Lipinski definition) is 8. The van der Waals surface area contributed by atoms with Gasteiger partial charge in [-0.15, -0.1) is 11.3 Å². The summed E-state index contributed by atoms with van der Waals surface area (Å²) in [5.74, 6) is 1.72. The number of carbonyl (C=O) groups is 1. The summed E-state index contributed by atoms with van der Waals surface area (Å²) in [6.45, 7) is 9.72. The molecule has 3 aromatic rings. The van der Waals surface area contributed by atoms with Crippen molar-refractivity contribution in [3.05, 3.63) is 39.8 Å². The fraction of sp³-hybridized carbons (Fsp3) is 0.458. The number of benzene rings is 1. The Morgan fingerprint density at radius 1 is 1.24 bits per heavy atom. The summed E-state index contributed by atoms with van der Waals surface area (Å²) < 4.78 is 11.3. The highest BCUT2D eigenvalue weighted by atomic mass is 32.1. The molecule has 0 aliphatic rings. The van der Waals surface area contributed by atoms with Crippen LogP contribution in [0.5, 0.6) is 5.75 Å². The van der Waals surface area contributed by atoms with Crippen LogP contribution in [-0.4, -0.2) is 52.1 Å². The first kappa shape index (κ1) is 24.9. The molecule has 33 heavy (non-hydrogen) atoms. The molecular weight excluding hydrogens is 442 g/mol. The second kappa shape index (κ2) is 10.9. The van der Waals surface area contributed by atoms with Crippen LogP contribution in [0.3, 0.4) is 0 Å². The second-order valence-corrected chi connectivity index (χ2v) is 9.48. The van der Waals surface area contributed by atoms with Crippen molar-refractivity contribution in [2.45, 2.75) is 47.1 Å². The number of carbonyl (C=O) groups excluding carboxylic acids is 1. The lowest BCUT2D eigenvalue weighted by Gasteiger charge is -2.16. The minimum atomic E-state index is -0.896. The predicted molar refractivity (Wildman–Crippen MR) is 127 cm³/mol. The molecule has 1 amide bonds. The van der Waals surface area contributed by atoms with Crippen LogP contribution in [0.15, 0.2) is 22.0 Å². The van der Waals surface area contributed by atoms with Gasteiger partial charge in [0.1, 0.15) is 25.1 Å². The summed E-state index contributed by atoms with van der Waals surface area (Å²) in [5.41, 5.74) is 5.04. The van der Waals surface area contributed by atoms with Crippen LogP contribution in [-0.2, 0) is 11.2 Å². The lowest BCUT2D eigenvalue weighted by molar-refractivity contribution is -0.124. The van der Waals surface area contributed by atoms with Crippen molar-refractivity contribution in [2.24, 2.45) is 5.92 Å². The Labute approximate surface area is 197 Å². The average molecular weight is 474 g/mol. The number of nitrogens with zero attached hydrogens (tertiary/aromatic N) is 2. The van der Waals surface area contributed by atoms with Crippen molar-refractivity contribution in [1.82, 2.24) is 15.5 Å². The summed E-state index contributed by atoms with van der Waals surface area (Å²) in [5, 5.41) is 27.5. The van der Waals surface area contributed by atoms with E-state index in [1.807, 2.05) is 26.0 Å². The Morgan fingerprint density at radius 2 is 1.94 bits per heavy atom. The van der Waals surface area contributed by atoms with Crippen molar-refractivity contribution in [3.63, 3.8) is 0 Å². The molecule has 0 fully saturated rings. The minimum absolute atomic E-state index is 0.00134. The molecule has 3 rings (SSSR count). The maximum atomic E-state index is 11.1. The minimum Gasteiger partial charge on any atom is -0.490 e. The molecule has 178 valence electrons. The van der Waals surface area contributed by atoms with Gasteiger partial charge in [0.2, 0.25) is 11.7 Å². The Morgan fingerprint density at radius 3 is 2.58 bits per heavy atom. The molecular formula is C24H31N3O5S. The van der Waals surface area contributed by atoms with Gasteiger partial charge in [-0.3, -0.25) is 4.79 Å². The van der Waals surface area contributed by atoms with Gasteiger partial charge >= 0.3 is 0 Å². The third kappa shape index (κ3) is 6.19. The van der Waals surface area contributed by atoms with Crippen molar-refractivity contribution in [3.8, 4) is 27.9 Å². The molecule has 0 aliphatic heterocycles. The van der Waals surface area contributed by atoms with Gasteiger partial charge in [-0.2, -0.15) is 4.98 Å². The van der Waals surface area contributed by atoms with Crippen molar-refractivity contribution >= 4 is 17.2 Å². The van der Waals surface area contributed by atoms with Crippen LogP contribution in [0.2, 0.25) is 0 Å². The first-order chi connectivity index (χ1) is 15.7. The molecule has 0 saturated carbocycles. The van der Waals surface area contributed by atoms with Crippen molar-refractivity contribution in [2.75, 3.05) is 19.8 Å². The number of nitrogens with one attached hydrogen (secondary N) is 1. The molecule has 2 heterocycles. The highest BCUT2D eigenvalue weighted by molar-refractivity contribution is 7.13. The van der Waals surface area contributed by atoms with Gasteiger partial charge in [0, 0.05) is 12.1 Å². The fourth-order valence-corrected chi connectivity index (χ4v) is 4.60. The number of amides is 1. The predicted octanol–water partition coefficient (Wildman–Crippen LogP) is 3.44. The van der Waals surface area contributed by atoms with Crippen LogP contribution in [0.4, 0.5) is 0 Å². The molecule has 1 atom stereocenters. The molecule has 0 spiro atoms. The van der Waals surface area contributed by atoms with Crippen LogP contribution >= 0.6 is 11.3 Å². The van der Waals surface area contributed by atoms with E-state index in [2.05, 4.69) is 41.6 Å². The first-order valence-corrected chi connectivity index (χ1v) is 11.8. The third-order valence-electron chi connectivity index (χ3n) is 5.20. The summed E-state index contributed by atoms with van der Waals surface area (Å²) in [6, 6.07) is 3.82. The highest BCUT2D eigenvalue weighted by Gasteiger charge is 2.18. The molecule has 0 saturated heterocycles. The monoisotopic (exact) mass is 473 g/mol. The van der Waals surface area contributed by atoms with E-state index in [1.54, 1.807) is 11.3 Å². The summed E-state index contributed by atoms with van der Waals surface area (Å²) >= 11 is 1.64. The molecule has 2 aromatic heterocycles. The van der Waals surface area contributed by atoms with Gasteiger partial charge in [-0.25, -0.2) is 0 Å². The first-order valence-electron chi connectivity index (χ1n) is 10.9. The lowest BCUT2D eigenvalue weighted by atomic mass is 10.0. The topological polar surface area (TPSA) is 118 Å². The maximum absolute atomic E-state index is 11.1. The summed E-state index contributed by atoms with van der Waals surface area (Å²) in [4.78, 5) is 16.7.